The summed E-state index contributed by atoms with van der Waals surface area (Å²) in [6.07, 6.45) is 1.84. The number of halogens is 2. The molecule has 0 unspecified atom stereocenters. The average Bonchev–Trinajstić information content (AvgIpc) is 2.48. The van der Waals surface area contributed by atoms with Crippen LogP contribution in [0.2, 0.25) is 0 Å². The quantitative estimate of drug-likeness (QED) is 0.695. The molecule has 1 aromatic rings. The van der Waals surface area contributed by atoms with Crippen LogP contribution in [0, 0.1) is 5.82 Å². The molecule has 0 aromatic heterocycles. The monoisotopic (exact) mass is 365 g/mol. The fraction of sp³-hybridized carbons (Fsp3) is 0.500. The van der Waals surface area contributed by atoms with Crippen molar-refractivity contribution in [1.82, 2.24) is 15.4 Å². The van der Waals surface area contributed by atoms with Crippen LogP contribution in [-0.2, 0) is 14.8 Å². The molecule has 2 rings (SSSR count). The van der Waals surface area contributed by atoms with Crippen LogP contribution >= 0.6 is 12.4 Å². The van der Waals surface area contributed by atoms with Crippen LogP contribution in [0.1, 0.15) is 19.3 Å². The van der Waals surface area contributed by atoms with Gasteiger partial charge in [-0.25, -0.2) is 17.5 Å². The Morgan fingerprint density at radius 2 is 1.83 bits per heavy atom. The third kappa shape index (κ3) is 6.42. The second kappa shape index (κ2) is 9.17. The molecule has 0 atom stereocenters. The van der Waals surface area contributed by atoms with Crippen molar-refractivity contribution in [3.05, 3.63) is 30.1 Å². The van der Waals surface area contributed by atoms with Gasteiger partial charge in [-0.3, -0.25) is 4.79 Å². The molecule has 130 valence electrons. The van der Waals surface area contributed by atoms with E-state index in [0.717, 1.165) is 38.1 Å². The molecule has 0 spiro atoms. The Hall–Kier alpha value is -1.22. The maximum Gasteiger partial charge on any atom is 0.240 e. The van der Waals surface area contributed by atoms with Gasteiger partial charge in [-0.1, -0.05) is 0 Å². The van der Waals surface area contributed by atoms with Gasteiger partial charge in [0.05, 0.1) is 4.90 Å². The topological polar surface area (TPSA) is 87.3 Å². The summed E-state index contributed by atoms with van der Waals surface area (Å²) >= 11 is 0. The molecule has 1 aromatic carbocycles. The van der Waals surface area contributed by atoms with E-state index in [-0.39, 0.29) is 42.2 Å². The van der Waals surface area contributed by atoms with Gasteiger partial charge in [0.15, 0.2) is 0 Å². The molecular weight excluding hydrogens is 345 g/mol. The van der Waals surface area contributed by atoms with Gasteiger partial charge in [0.25, 0.3) is 0 Å². The van der Waals surface area contributed by atoms with Crippen LogP contribution in [-0.4, -0.2) is 40.0 Å². The molecule has 0 saturated carbocycles. The molecule has 0 aliphatic carbocycles. The third-order valence-corrected chi connectivity index (χ3v) is 4.95. The Labute approximate surface area is 141 Å². The first-order chi connectivity index (χ1) is 10.5. The molecule has 0 bridgehead atoms. The first-order valence-corrected chi connectivity index (χ1v) is 8.71. The summed E-state index contributed by atoms with van der Waals surface area (Å²) in [5, 5.41) is 6.09. The summed E-state index contributed by atoms with van der Waals surface area (Å²) in [6, 6.07) is 4.69. The summed E-state index contributed by atoms with van der Waals surface area (Å²) in [7, 11) is -3.71. The minimum absolute atomic E-state index is 0. The first kappa shape index (κ1) is 19.8. The van der Waals surface area contributed by atoms with E-state index in [2.05, 4.69) is 15.4 Å². The molecule has 1 heterocycles. The smallest absolute Gasteiger partial charge is 0.240 e. The lowest BCUT2D eigenvalue weighted by atomic mass is 10.1. The van der Waals surface area contributed by atoms with Crippen molar-refractivity contribution in [3.8, 4) is 0 Å². The fourth-order valence-electron chi connectivity index (χ4n) is 2.26. The number of sulfonamides is 1. The van der Waals surface area contributed by atoms with Crippen molar-refractivity contribution in [3.63, 3.8) is 0 Å². The minimum atomic E-state index is -3.71. The molecule has 1 fully saturated rings. The maximum atomic E-state index is 12.8. The highest BCUT2D eigenvalue weighted by Gasteiger charge is 2.17. The van der Waals surface area contributed by atoms with Crippen LogP contribution in [0.4, 0.5) is 4.39 Å². The lowest BCUT2D eigenvalue weighted by Gasteiger charge is -2.23. The molecule has 1 saturated heterocycles. The number of piperidine rings is 1. The standard InChI is InChI=1S/C14H20FN3O3S.ClH/c15-11-1-3-13(4-2-11)22(20,21)17-10-7-14(19)18-12-5-8-16-9-6-12;/h1-4,12,16-17H,5-10H2,(H,18,19);1H. The summed E-state index contributed by atoms with van der Waals surface area (Å²) in [5.74, 6) is -0.672. The van der Waals surface area contributed by atoms with E-state index in [1.807, 2.05) is 0 Å². The molecule has 23 heavy (non-hydrogen) atoms. The Bertz CT molecular complexity index is 604. The van der Waals surface area contributed by atoms with E-state index >= 15 is 0 Å². The van der Waals surface area contributed by atoms with Gasteiger partial charge in [0, 0.05) is 19.0 Å². The van der Waals surface area contributed by atoms with Gasteiger partial charge < -0.3 is 10.6 Å². The highest BCUT2D eigenvalue weighted by Crippen LogP contribution is 2.09. The Balaban J connectivity index is 0.00000264. The summed E-state index contributed by atoms with van der Waals surface area (Å²) in [4.78, 5) is 11.7. The molecule has 1 aliphatic rings. The van der Waals surface area contributed by atoms with Crippen LogP contribution in [0.15, 0.2) is 29.2 Å². The highest BCUT2D eigenvalue weighted by atomic mass is 35.5. The number of amides is 1. The summed E-state index contributed by atoms with van der Waals surface area (Å²) < 4.78 is 39.0. The van der Waals surface area contributed by atoms with Crippen molar-refractivity contribution < 1.29 is 17.6 Å². The van der Waals surface area contributed by atoms with E-state index in [1.54, 1.807) is 0 Å². The molecule has 9 heteroatoms. The lowest BCUT2D eigenvalue weighted by molar-refractivity contribution is -0.121. The Morgan fingerprint density at radius 3 is 2.43 bits per heavy atom. The van der Waals surface area contributed by atoms with Crippen molar-refractivity contribution in [2.24, 2.45) is 0 Å². The zero-order chi connectivity index (χ0) is 16.0. The molecular formula is C14H21ClFN3O3S. The van der Waals surface area contributed by atoms with Gasteiger partial charge in [0.2, 0.25) is 15.9 Å². The van der Waals surface area contributed by atoms with Crippen LogP contribution < -0.4 is 15.4 Å². The summed E-state index contributed by atoms with van der Waals surface area (Å²) in [5.41, 5.74) is 0. The van der Waals surface area contributed by atoms with E-state index in [4.69, 9.17) is 0 Å². The van der Waals surface area contributed by atoms with Gasteiger partial charge in [0.1, 0.15) is 5.82 Å². The van der Waals surface area contributed by atoms with Crippen LogP contribution in [0.5, 0.6) is 0 Å². The average molecular weight is 366 g/mol. The minimum Gasteiger partial charge on any atom is -0.353 e. The molecule has 0 radical (unpaired) electrons. The number of carbonyl (C=O) groups excluding carboxylic acids is 1. The van der Waals surface area contributed by atoms with E-state index < -0.39 is 15.8 Å². The van der Waals surface area contributed by atoms with Crippen LogP contribution in [0.25, 0.3) is 0 Å². The number of hydrogen-bond donors (Lipinski definition) is 3. The fourth-order valence-corrected chi connectivity index (χ4v) is 3.29. The number of rotatable bonds is 6. The van der Waals surface area contributed by atoms with Crippen molar-refractivity contribution in [2.45, 2.75) is 30.2 Å². The predicted molar refractivity (Wildman–Crippen MR) is 87.5 cm³/mol. The Morgan fingerprint density at radius 1 is 1.22 bits per heavy atom. The largest absolute Gasteiger partial charge is 0.353 e. The number of nitrogens with one attached hydrogen (secondary N) is 3. The zero-order valence-corrected chi connectivity index (χ0v) is 14.2. The van der Waals surface area contributed by atoms with Crippen molar-refractivity contribution in [1.29, 1.82) is 0 Å². The second-order valence-electron chi connectivity index (χ2n) is 5.19. The molecule has 1 aliphatic heterocycles. The lowest BCUT2D eigenvalue weighted by Crippen LogP contribution is -2.43. The van der Waals surface area contributed by atoms with Gasteiger partial charge >= 0.3 is 0 Å². The van der Waals surface area contributed by atoms with Gasteiger partial charge in [-0.05, 0) is 50.2 Å². The first-order valence-electron chi connectivity index (χ1n) is 7.23. The normalized spacial score (nSPS) is 15.7. The molecule has 6 nitrogen and oxygen atoms in total. The van der Waals surface area contributed by atoms with Gasteiger partial charge in [-0.15, -0.1) is 12.4 Å². The second-order valence-corrected chi connectivity index (χ2v) is 6.96. The SMILES string of the molecule is Cl.O=C(CCNS(=O)(=O)c1ccc(F)cc1)NC1CCNCC1. The Kier molecular flexibility index (Phi) is 7.90. The van der Waals surface area contributed by atoms with Gasteiger partial charge in [-0.2, -0.15) is 0 Å². The van der Waals surface area contributed by atoms with E-state index in [1.165, 1.54) is 12.1 Å². The van der Waals surface area contributed by atoms with Crippen LogP contribution in [0.3, 0.4) is 0 Å². The number of carbonyl (C=O) groups is 1. The van der Waals surface area contributed by atoms with Crippen molar-refractivity contribution in [2.75, 3.05) is 19.6 Å². The highest BCUT2D eigenvalue weighted by molar-refractivity contribution is 7.89. The molecule has 1 amide bonds. The number of benzene rings is 1. The molecule has 3 N–H and O–H groups in total. The van der Waals surface area contributed by atoms with E-state index in [9.17, 15) is 17.6 Å². The van der Waals surface area contributed by atoms with Crippen molar-refractivity contribution >= 4 is 28.3 Å². The summed E-state index contributed by atoms with van der Waals surface area (Å²) in [6.45, 7) is 1.76. The predicted octanol–water partition coefficient (Wildman–Crippen LogP) is 0.784. The third-order valence-electron chi connectivity index (χ3n) is 3.47. The maximum absolute atomic E-state index is 12.8. The van der Waals surface area contributed by atoms with E-state index in [0.29, 0.717) is 0 Å². The zero-order valence-electron chi connectivity index (χ0n) is 12.5. The number of hydrogen-bond acceptors (Lipinski definition) is 4.